The van der Waals surface area contributed by atoms with Crippen molar-refractivity contribution in [1.82, 2.24) is 15.5 Å². The van der Waals surface area contributed by atoms with Crippen molar-refractivity contribution in [3.05, 3.63) is 35.5 Å². The molecule has 1 aliphatic heterocycles. The molecular formula is C16H20FN3O. The Kier molecular flexibility index (Phi) is 3.53. The number of nitrogens with one attached hydrogen (secondary N) is 1. The van der Waals surface area contributed by atoms with Crippen molar-refractivity contribution in [2.75, 3.05) is 6.54 Å². The summed E-state index contributed by atoms with van der Waals surface area (Å²) < 4.78 is 19.1. The molecule has 5 heteroatoms. The molecule has 2 heterocycles. The summed E-state index contributed by atoms with van der Waals surface area (Å²) in [5.41, 5.74) is 1.32. The molecule has 1 aliphatic rings. The van der Waals surface area contributed by atoms with Crippen LogP contribution in [-0.4, -0.2) is 16.7 Å². The Bertz CT molecular complexity index is 651. The summed E-state index contributed by atoms with van der Waals surface area (Å²) in [7, 11) is 0. The van der Waals surface area contributed by atoms with Gasteiger partial charge in [0.1, 0.15) is 5.82 Å². The first-order valence-electron chi connectivity index (χ1n) is 7.31. The number of benzene rings is 1. The molecule has 1 fully saturated rings. The van der Waals surface area contributed by atoms with Gasteiger partial charge in [-0.15, -0.1) is 0 Å². The Labute approximate surface area is 123 Å². The largest absolute Gasteiger partial charge is 0.337 e. The van der Waals surface area contributed by atoms with Gasteiger partial charge in [-0.25, -0.2) is 4.39 Å². The van der Waals surface area contributed by atoms with Gasteiger partial charge in [-0.1, -0.05) is 31.1 Å². The molecule has 3 rings (SSSR count). The van der Waals surface area contributed by atoms with Gasteiger partial charge >= 0.3 is 0 Å². The standard InChI is InChI=1S/C16H20FN3O/c1-10-5-6-11(9-12(10)17)14-19-15(21-20-14)13-16(2,3)7-4-8-18-13/h5-6,9,13,18H,4,7-8H2,1-3H3. The van der Waals surface area contributed by atoms with Crippen LogP contribution in [0.25, 0.3) is 11.4 Å². The molecule has 1 saturated heterocycles. The van der Waals surface area contributed by atoms with E-state index >= 15 is 0 Å². The number of rotatable bonds is 2. The molecule has 2 aromatic rings. The highest BCUT2D eigenvalue weighted by Gasteiger charge is 2.37. The topological polar surface area (TPSA) is 51.0 Å². The van der Waals surface area contributed by atoms with Gasteiger partial charge in [0.2, 0.25) is 11.7 Å². The molecule has 1 aromatic carbocycles. The maximum Gasteiger partial charge on any atom is 0.244 e. The lowest BCUT2D eigenvalue weighted by atomic mass is 9.77. The lowest BCUT2D eigenvalue weighted by Gasteiger charge is -2.36. The highest BCUT2D eigenvalue weighted by molar-refractivity contribution is 5.55. The number of aryl methyl sites for hydroxylation is 1. The van der Waals surface area contributed by atoms with Gasteiger partial charge in [0.25, 0.3) is 0 Å². The highest BCUT2D eigenvalue weighted by Crippen LogP contribution is 2.39. The molecule has 0 saturated carbocycles. The fraction of sp³-hybridized carbons (Fsp3) is 0.500. The fourth-order valence-electron chi connectivity index (χ4n) is 2.83. The van der Waals surface area contributed by atoms with Gasteiger partial charge in [0.15, 0.2) is 0 Å². The van der Waals surface area contributed by atoms with Crippen molar-refractivity contribution < 1.29 is 8.91 Å². The molecular weight excluding hydrogens is 269 g/mol. The molecule has 0 amide bonds. The molecule has 0 radical (unpaired) electrons. The van der Waals surface area contributed by atoms with E-state index in [1.165, 1.54) is 6.07 Å². The smallest absolute Gasteiger partial charge is 0.244 e. The molecule has 1 unspecified atom stereocenters. The first-order valence-corrected chi connectivity index (χ1v) is 7.31. The van der Waals surface area contributed by atoms with Crippen molar-refractivity contribution in [2.45, 2.75) is 39.7 Å². The van der Waals surface area contributed by atoms with Crippen LogP contribution in [0.2, 0.25) is 0 Å². The van der Waals surface area contributed by atoms with Gasteiger partial charge in [0.05, 0.1) is 6.04 Å². The molecule has 1 aromatic heterocycles. The summed E-state index contributed by atoms with van der Waals surface area (Å²) in [6.07, 6.45) is 2.26. The SMILES string of the molecule is Cc1ccc(-c2noc(C3NCCCC3(C)C)n2)cc1F. The number of piperidine rings is 1. The molecule has 4 nitrogen and oxygen atoms in total. The summed E-state index contributed by atoms with van der Waals surface area (Å²) >= 11 is 0. The van der Waals surface area contributed by atoms with Crippen LogP contribution in [0.4, 0.5) is 4.39 Å². The van der Waals surface area contributed by atoms with E-state index < -0.39 is 0 Å². The molecule has 0 spiro atoms. The zero-order valence-corrected chi connectivity index (χ0v) is 12.6. The average molecular weight is 289 g/mol. The maximum atomic E-state index is 13.7. The summed E-state index contributed by atoms with van der Waals surface area (Å²) in [5.74, 6) is 0.762. The number of halogens is 1. The first kappa shape index (κ1) is 14.2. The van der Waals surface area contributed by atoms with E-state index in [0.717, 1.165) is 19.4 Å². The van der Waals surface area contributed by atoms with E-state index in [0.29, 0.717) is 22.8 Å². The van der Waals surface area contributed by atoms with Crippen molar-refractivity contribution in [1.29, 1.82) is 0 Å². The zero-order chi connectivity index (χ0) is 15.0. The Balaban J connectivity index is 1.90. The zero-order valence-electron chi connectivity index (χ0n) is 12.6. The van der Waals surface area contributed by atoms with E-state index in [1.807, 2.05) is 6.07 Å². The Morgan fingerprint density at radius 2 is 2.19 bits per heavy atom. The minimum absolute atomic E-state index is 0.0443. The third-order valence-electron chi connectivity index (χ3n) is 4.25. The Morgan fingerprint density at radius 1 is 1.38 bits per heavy atom. The van der Waals surface area contributed by atoms with Crippen molar-refractivity contribution in [3.8, 4) is 11.4 Å². The predicted octanol–water partition coefficient (Wildman–Crippen LogP) is 3.63. The Hall–Kier alpha value is -1.75. The van der Waals surface area contributed by atoms with Gasteiger partial charge in [-0.05, 0) is 43.4 Å². The lowest BCUT2D eigenvalue weighted by Crippen LogP contribution is -2.39. The average Bonchev–Trinajstić information content (AvgIpc) is 2.91. The molecule has 21 heavy (non-hydrogen) atoms. The summed E-state index contributed by atoms with van der Waals surface area (Å²) in [6.45, 7) is 7.07. The second kappa shape index (κ2) is 5.22. The maximum absolute atomic E-state index is 13.7. The molecule has 0 aliphatic carbocycles. The molecule has 1 atom stereocenters. The van der Waals surface area contributed by atoms with Gasteiger partial charge in [0, 0.05) is 5.56 Å². The molecule has 112 valence electrons. The van der Waals surface area contributed by atoms with E-state index in [-0.39, 0.29) is 17.3 Å². The minimum Gasteiger partial charge on any atom is -0.337 e. The van der Waals surface area contributed by atoms with E-state index in [2.05, 4.69) is 29.3 Å². The van der Waals surface area contributed by atoms with Crippen LogP contribution in [-0.2, 0) is 0 Å². The lowest BCUT2D eigenvalue weighted by molar-refractivity contribution is 0.146. The predicted molar refractivity (Wildman–Crippen MR) is 78.2 cm³/mol. The van der Waals surface area contributed by atoms with Crippen LogP contribution in [0.15, 0.2) is 22.7 Å². The number of nitrogens with zero attached hydrogens (tertiary/aromatic N) is 2. The normalized spacial score (nSPS) is 21.4. The van der Waals surface area contributed by atoms with Crippen LogP contribution in [0.3, 0.4) is 0 Å². The Morgan fingerprint density at radius 3 is 2.90 bits per heavy atom. The van der Waals surface area contributed by atoms with Crippen molar-refractivity contribution in [3.63, 3.8) is 0 Å². The van der Waals surface area contributed by atoms with Gasteiger partial charge in [-0.2, -0.15) is 4.98 Å². The van der Waals surface area contributed by atoms with Gasteiger partial charge in [-0.3, -0.25) is 0 Å². The van der Waals surface area contributed by atoms with Crippen LogP contribution < -0.4 is 5.32 Å². The highest BCUT2D eigenvalue weighted by atomic mass is 19.1. The fourth-order valence-corrected chi connectivity index (χ4v) is 2.83. The second-order valence-corrected chi connectivity index (χ2v) is 6.40. The minimum atomic E-state index is -0.255. The van der Waals surface area contributed by atoms with Crippen LogP contribution in [0.5, 0.6) is 0 Å². The number of hydrogen-bond acceptors (Lipinski definition) is 4. The summed E-state index contributed by atoms with van der Waals surface area (Å²) in [5, 5.41) is 7.45. The number of aromatic nitrogens is 2. The van der Waals surface area contributed by atoms with Crippen LogP contribution >= 0.6 is 0 Å². The van der Waals surface area contributed by atoms with Crippen molar-refractivity contribution >= 4 is 0 Å². The van der Waals surface area contributed by atoms with Crippen LogP contribution in [0.1, 0.15) is 44.2 Å². The number of hydrogen-bond donors (Lipinski definition) is 1. The van der Waals surface area contributed by atoms with E-state index in [1.54, 1.807) is 13.0 Å². The molecule has 1 N–H and O–H groups in total. The second-order valence-electron chi connectivity index (χ2n) is 6.40. The third-order valence-corrected chi connectivity index (χ3v) is 4.25. The molecule has 0 bridgehead atoms. The van der Waals surface area contributed by atoms with Gasteiger partial charge < -0.3 is 9.84 Å². The van der Waals surface area contributed by atoms with E-state index in [9.17, 15) is 4.39 Å². The quantitative estimate of drug-likeness (QED) is 0.917. The monoisotopic (exact) mass is 289 g/mol. The summed E-state index contributed by atoms with van der Waals surface area (Å²) in [4.78, 5) is 4.46. The first-order chi connectivity index (χ1) is 9.97. The third kappa shape index (κ3) is 2.70. The summed E-state index contributed by atoms with van der Waals surface area (Å²) in [6, 6.07) is 5.03. The van der Waals surface area contributed by atoms with Crippen molar-refractivity contribution in [2.24, 2.45) is 5.41 Å². The van der Waals surface area contributed by atoms with Crippen LogP contribution in [0, 0.1) is 18.2 Å². The van der Waals surface area contributed by atoms with E-state index in [4.69, 9.17) is 4.52 Å².